The Morgan fingerprint density at radius 2 is 1.71 bits per heavy atom. The first-order valence-electron chi connectivity index (χ1n) is 5.09. The zero-order chi connectivity index (χ0) is 11.7. The summed E-state index contributed by atoms with van der Waals surface area (Å²) in [7, 11) is 0. The zero-order valence-corrected chi connectivity index (χ0v) is 8.79. The molecule has 0 unspecified atom stereocenters. The molecule has 3 rings (SSSR count). The summed E-state index contributed by atoms with van der Waals surface area (Å²) in [4.78, 5) is 19.5. The zero-order valence-electron chi connectivity index (χ0n) is 8.79. The highest BCUT2D eigenvalue weighted by Crippen LogP contribution is 2.22. The molecular weight excluding hydrogens is 216 g/mol. The molecule has 17 heavy (non-hydrogen) atoms. The van der Waals surface area contributed by atoms with Crippen LogP contribution in [-0.4, -0.2) is 20.2 Å². The first-order chi connectivity index (χ1) is 8.36. The lowest BCUT2D eigenvalue weighted by atomic mass is 10.1. The molecule has 0 fully saturated rings. The fourth-order valence-corrected chi connectivity index (χ4v) is 1.76. The van der Waals surface area contributed by atoms with E-state index in [9.17, 15) is 4.79 Å². The molecule has 2 aromatic heterocycles. The van der Waals surface area contributed by atoms with Crippen LogP contribution in [0.5, 0.6) is 0 Å². The molecule has 82 valence electrons. The lowest BCUT2D eigenvalue weighted by molar-refractivity contribution is 1.01. The number of aromatic amines is 1. The number of rotatable bonds is 1. The Labute approximate surface area is 96.2 Å². The molecule has 0 spiro atoms. The number of hydrogen-bond donors (Lipinski definition) is 1. The highest BCUT2D eigenvalue weighted by molar-refractivity contribution is 5.93. The topological polar surface area (TPSA) is 71.5 Å². The van der Waals surface area contributed by atoms with Crippen molar-refractivity contribution >= 4 is 10.8 Å². The lowest BCUT2D eigenvalue weighted by Gasteiger charge is -2.03. The molecule has 0 aliphatic heterocycles. The monoisotopic (exact) mass is 224 g/mol. The van der Waals surface area contributed by atoms with Crippen molar-refractivity contribution in [2.24, 2.45) is 0 Å². The van der Waals surface area contributed by atoms with Crippen LogP contribution in [0.2, 0.25) is 0 Å². The van der Waals surface area contributed by atoms with Gasteiger partial charge in [-0.15, -0.1) is 0 Å². The molecule has 1 aromatic carbocycles. The molecule has 5 nitrogen and oxygen atoms in total. The van der Waals surface area contributed by atoms with Crippen molar-refractivity contribution in [1.82, 2.24) is 20.2 Å². The first-order valence-corrected chi connectivity index (χ1v) is 5.09. The van der Waals surface area contributed by atoms with Crippen molar-refractivity contribution < 1.29 is 0 Å². The van der Waals surface area contributed by atoms with Crippen molar-refractivity contribution in [2.45, 2.75) is 0 Å². The number of nitrogens with zero attached hydrogens (tertiary/aromatic N) is 3. The Kier molecular flexibility index (Phi) is 2.15. The van der Waals surface area contributed by atoms with Crippen LogP contribution in [0.4, 0.5) is 0 Å². The van der Waals surface area contributed by atoms with Crippen LogP contribution in [0.1, 0.15) is 0 Å². The summed E-state index contributed by atoms with van der Waals surface area (Å²) in [5.41, 5.74) is 1.27. The van der Waals surface area contributed by atoms with Gasteiger partial charge in [-0.3, -0.25) is 4.79 Å². The molecule has 0 saturated heterocycles. The van der Waals surface area contributed by atoms with E-state index >= 15 is 0 Å². The second-order valence-corrected chi connectivity index (χ2v) is 3.57. The molecular formula is C12H8N4O. The fourth-order valence-electron chi connectivity index (χ4n) is 1.76. The molecule has 0 bridgehead atoms. The van der Waals surface area contributed by atoms with Crippen LogP contribution >= 0.6 is 0 Å². The summed E-state index contributed by atoms with van der Waals surface area (Å²) < 4.78 is 0. The third-order valence-corrected chi connectivity index (χ3v) is 2.53. The molecule has 0 amide bonds. The van der Waals surface area contributed by atoms with Gasteiger partial charge >= 0.3 is 0 Å². The van der Waals surface area contributed by atoms with Gasteiger partial charge in [-0.25, -0.2) is 15.1 Å². The van der Waals surface area contributed by atoms with E-state index in [1.54, 1.807) is 18.5 Å². The Morgan fingerprint density at radius 1 is 1.00 bits per heavy atom. The molecule has 0 atom stereocenters. The standard InChI is InChI=1S/C12H8N4O/c17-12-10-4-2-1-3-9(10)11(15-16-12)8-5-13-7-14-6-8/h1-7H,(H,16,17). The van der Waals surface area contributed by atoms with Crippen molar-refractivity contribution in [3.8, 4) is 11.3 Å². The van der Waals surface area contributed by atoms with E-state index in [-0.39, 0.29) is 5.56 Å². The fraction of sp³-hybridized carbons (Fsp3) is 0. The first kappa shape index (κ1) is 9.65. The van der Waals surface area contributed by atoms with E-state index in [0.29, 0.717) is 11.1 Å². The van der Waals surface area contributed by atoms with Crippen LogP contribution in [0, 0.1) is 0 Å². The second-order valence-electron chi connectivity index (χ2n) is 3.57. The quantitative estimate of drug-likeness (QED) is 0.677. The molecule has 1 N–H and O–H groups in total. The molecule has 0 aliphatic rings. The van der Waals surface area contributed by atoms with Crippen LogP contribution in [-0.2, 0) is 0 Å². The van der Waals surface area contributed by atoms with Crippen LogP contribution in [0.3, 0.4) is 0 Å². The number of nitrogens with one attached hydrogen (secondary N) is 1. The van der Waals surface area contributed by atoms with Crippen molar-refractivity contribution in [3.05, 3.63) is 53.3 Å². The highest BCUT2D eigenvalue weighted by Gasteiger charge is 2.07. The number of H-pyrrole nitrogens is 1. The largest absolute Gasteiger partial charge is 0.272 e. The summed E-state index contributed by atoms with van der Waals surface area (Å²) in [6.07, 6.45) is 4.79. The predicted molar refractivity (Wildman–Crippen MR) is 63.4 cm³/mol. The van der Waals surface area contributed by atoms with Gasteiger partial charge < -0.3 is 0 Å². The average Bonchev–Trinajstić information content (AvgIpc) is 2.41. The third kappa shape index (κ3) is 1.57. The summed E-state index contributed by atoms with van der Waals surface area (Å²) in [6, 6.07) is 7.32. The number of hydrogen-bond acceptors (Lipinski definition) is 4. The van der Waals surface area contributed by atoms with Crippen LogP contribution in [0.25, 0.3) is 22.0 Å². The summed E-state index contributed by atoms with van der Waals surface area (Å²) >= 11 is 0. The minimum absolute atomic E-state index is 0.193. The SMILES string of the molecule is O=c1[nH]nc(-c2cncnc2)c2ccccc12. The predicted octanol–water partition coefficient (Wildman–Crippen LogP) is 1.38. The van der Waals surface area contributed by atoms with E-state index in [1.165, 1.54) is 6.33 Å². The molecule has 2 heterocycles. The van der Waals surface area contributed by atoms with E-state index in [2.05, 4.69) is 20.2 Å². The minimum Gasteiger partial charge on any atom is -0.267 e. The molecule has 0 saturated carbocycles. The van der Waals surface area contributed by atoms with Crippen molar-refractivity contribution in [1.29, 1.82) is 0 Å². The van der Waals surface area contributed by atoms with Gasteiger partial charge in [-0.05, 0) is 6.07 Å². The molecule has 3 aromatic rings. The number of aromatic nitrogens is 4. The number of benzene rings is 1. The van der Waals surface area contributed by atoms with Gasteiger partial charge in [0.15, 0.2) is 0 Å². The number of fused-ring (bicyclic) bond motifs is 1. The van der Waals surface area contributed by atoms with Crippen LogP contribution in [0.15, 0.2) is 47.8 Å². The Bertz CT molecular complexity index is 721. The van der Waals surface area contributed by atoms with Gasteiger partial charge in [0.2, 0.25) is 0 Å². The maximum atomic E-state index is 11.6. The van der Waals surface area contributed by atoms with E-state index in [0.717, 1.165) is 10.9 Å². The van der Waals surface area contributed by atoms with Crippen LogP contribution < -0.4 is 5.56 Å². The van der Waals surface area contributed by atoms with Gasteiger partial charge in [-0.1, -0.05) is 18.2 Å². The van der Waals surface area contributed by atoms with E-state index in [1.807, 2.05) is 18.2 Å². The van der Waals surface area contributed by atoms with Gasteiger partial charge in [0.05, 0.1) is 5.39 Å². The smallest absolute Gasteiger partial charge is 0.267 e. The van der Waals surface area contributed by atoms with Gasteiger partial charge in [0.1, 0.15) is 12.0 Å². The van der Waals surface area contributed by atoms with E-state index in [4.69, 9.17) is 0 Å². The summed E-state index contributed by atoms with van der Waals surface area (Å²) in [5, 5.41) is 7.95. The third-order valence-electron chi connectivity index (χ3n) is 2.53. The summed E-state index contributed by atoms with van der Waals surface area (Å²) in [5.74, 6) is 0. The normalized spacial score (nSPS) is 10.6. The lowest BCUT2D eigenvalue weighted by Crippen LogP contribution is -2.09. The van der Waals surface area contributed by atoms with Gasteiger partial charge in [0, 0.05) is 23.3 Å². The Balaban J connectivity index is 2.39. The van der Waals surface area contributed by atoms with E-state index < -0.39 is 0 Å². The highest BCUT2D eigenvalue weighted by atomic mass is 16.1. The Morgan fingerprint density at radius 3 is 2.47 bits per heavy atom. The van der Waals surface area contributed by atoms with Crippen molar-refractivity contribution in [3.63, 3.8) is 0 Å². The maximum Gasteiger partial charge on any atom is 0.272 e. The minimum atomic E-state index is -0.193. The summed E-state index contributed by atoms with van der Waals surface area (Å²) in [6.45, 7) is 0. The Hall–Kier alpha value is -2.56. The van der Waals surface area contributed by atoms with Gasteiger partial charge in [0.25, 0.3) is 5.56 Å². The molecule has 5 heteroatoms. The van der Waals surface area contributed by atoms with Crippen molar-refractivity contribution in [2.75, 3.05) is 0 Å². The molecule has 0 aliphatic carbocycles. The molecule has 0 radical (unpaired) electrons. The maximum absolute atomic E-state index is 11.6. The second kappa shape index (κ2) is 3.79. The van der Waals surface area contributed by atoms with Gasteiger partial charge in [-0.2, -0.15) is 5.10 Å². The average molecular weight is 224 g/mol.